The third-order valence-electron chi connectivity index (χ3n) is 1.97. The molecule has 0 atom stereocenters. The van der Waals surface area contributed by atoms with Crippen LogP contribution in [0.15, 0.2) is 47.5 Å². The van der Waals surface area contributed by atoms with E-state index in [0.717, 1.165) is 12.8 Å². The maximum absolute atomic E-state index is 5.49. The molecule has 0 aliphatic rings. The molecule has 0 heterocycles. The molecule has 0 aliphatic carbocycles. The van der Waals surface area contributed by atoms with Crippen LogP contribution in [0, 0.1) is 0 Å². The summed E-state index contributed by atoms with van der Waals surface area (Å²) in [6.07, 6.45) is 5.61. The highest BCUT2D eigenvalue weighted by Crippen LogP contribution is 2.11. The molecule has 2 heteroatoms. The first kappa shape index (κ1) is 11.4. The van der Waals surface area contributed by atoms with E-state index in [0.29, 0.717) is 0 Å². The van der Waals surface area contributed by atoms with Gasteiger partial charge < -0.3 is 0 Å². The zero-order valence-corrected chi connectivity index (χ0v) is 9.30. The second-order valence-electron chi connectivity index (χ2n) is 2.90. The van der Waals surface area contributed by atoms with Gasteiger partial charge in [0.05, 0.1) is 0 Å². The molecule has 0 fully saturated rings. The number of allylic oxidation sites excluding steroid dienone is 2. The van der Waals surface area contributed by atoms with Crippen molar-refractivity contribution in [2.75, 3.05) is 0 Å². The largest absolute Gasteiger partial charge is 0.0933 e. The Morgan fingerprint density at radius 1 is 0.857 bits per heavy atom. The summed E-state index contributed by atoms with van der Waals surface area (Å²) in [7, 11) is 0. The molecule has 0 spiro atoms. The van der Waals surface area contributed by atoms with E-state index >= 15 is 0 Å². The fraction of sp³-hybridized carbons (Fsp3) is 0.167. The molecule has 0 aromatic heterocycles. The molecule has 0 amide bonds. The quantitative estimate of drug-likeness (QED) is 0.720. The Morgan fingerprint density at radius 2 is 1.29 bits per heavy atom. The Labute approximate surface area is 94.8 Å². The summed E-state index contributed by atoms with van der Waals surface area (Å²) in [5.74, 6) is 0. The van der Waals surface area contributed by atoms with Crippen molar-refractivity contribution >= 4 is 23.2 Å². The molecule has 74 valence electrons. The number of hydrogen-bond donors (Lipinski definition) is 0. The topological polar surface area (TPSA) is 0 Å². The molecular formula is C12H12Cl2. The molecule has 0 saturated heterocycles. The van der Waals surface area contributed by atoms with Crippen LogP contribution in [0.4, 0.5) is 0 Å². The fourth-order valence-electron chi connectivity index (χ4n) is 1.30. The minimum absolute atomic E-state index is 0.871. The van der Waals surface area contributed by atoms with Gasteiger partial charge in [-0.15, -0.1) is 0 Å². The Hall–Kier alpha value is -0.720. The van der Waals surface area contributed by atoms with Gasteiger partial charge in [0.2, 0.25) is 0 Å². The van der Waals surface area contributed by atoms with Gasteiger partial charge in [0.25, 0.3) is 0 Å². The molecule has 0 aliphatic heterocycles. The lowest BCUT2D eigenvalue weighted by molar-refractivity contribution is 1.15. The van der Waals surface area contributed by atoms with Crippen molar-refractivity contribution in [1.29, 1.82) is 0 Å². The Morgan fingerprint density at radius 3 is 1.64 bits per heavy atom. The van der Waals surface area contributed by atoms with Gasteiger partial charge >= 0.3 is 0 Å². The maximum atomic E-state index is 5.49. The highest BCUT2D eigenvalue weighted by molar-refractivity contribution is 6.25. The van der Waals surface area contributed by atoms with Gasteiger partial charge in [-0.25, -0.2) is 0 Å². The predicted octanol–water partition coefficient (Wildman–Crippen LogP) is 4.28. The van der Waals surface area contributed by atoms with Crippen molar-refractivity contribution in [3.63, 3.8) is 0 Å². The fourth-order valence-corrected chi connectivity index (χ4v) is 1.48. The summed E-state index contributed by atoms with van der Waals surface area (Å²) in [6.45, 7) is 0. The molecule has 0 radical (unpaired) electrons. The van der Waals surface area contributed by atoms with E-state index < -0.39 is 0 Å². The zero-order valence-electron chi connectivity index (χ0n) is 7.79. The molecule has 0 nitrogen and oxygen atoms in total. The van der Waals surface area contributed by atoms with Gasteiger partial charge in [-0.3, -0.25) is 0 Å². The number of benzene rings is 1. The van der Waals surface area contributed by atoms with Crippen LogP contribution in [-0.4, -0.2) is 0 Å². The third kappa shape index (κ3) is 3.57. The summed E-state index contributed by atoms with van der Waals surface area (Å²) >= 11 is 11.0. The molecule has 1 rings (SSSR count). The Balaban J connectivity index is 2.79. The standard InChI is InChI=1S/C12H12Cl2/c13-9-3-7-11-5-1-2-6-12(11)8-4-10-14/h1-6,9-10H,7-8H2. The van der Waals surface area contributed by atoms with Crippen LogP contribution in [0.1, 0.15) is 11.1 Å². The lowest BCUT2D eigenvalue weighted by Crippen LogP contribution is -1.90. The van der Waals surface area contributed by atoms with Gasteiger partial charge in [-0.05, 0) is 24.0 Å². The van der Waals surface area contributed by atoms with Crippen LogP contribution >= 0.6 is 23.2 Å². The number of rotatable bonds is 4. The van der Waals surface area contributed by atoms with Crippen LogP contribution in [0.2, 0.25) is 0 Å². The van der Waals surface area contributed by atoms with Crippen molar-refractivity contribution in [2.24, 2.45) is 0 Å². The van der Waals surface area contributed by atoms with Gasteiger partial charge in [0.1, 0.15) is 0 Å². The van der Waals surface area contributed by atoms with Crippen LogP contribution in [0.5, 0.6) is 0 Å². The van der Waals surface area contributed by atoms with E-state index in [2.05, 4.69) is 12.1 Å². The predicted molar refractivity (Wildman–Crippen MR) is 63.8 cm³/mol. The van der Waals surface area contributed by atoms with Crippen molar-refractivity contribution in [2.45, 2.75) is 12.8 Å². The van der Waals surface area contributed by atoms with Crippen molar-refractivity contribution in [3.8, 4) is 0 Å². The Kier molecular flexibility index (Phi) is 5.43. The zero-order chi connectivity index (χ0) is 10.2. The third-order valence-corrected chi connectivity index (χ3v) is 2.33. The summed E-state index contributed by atoms with van der Waals surface area (Å²) in [5, 5.41) is 0. The van der Waals surface area contributed by atoms with Crippen LogP contribution in [0.25, 0.3) is 0 Å². The van der Waals surface area contributed by atoms with E-state index in [1.165, 1.54) is 11.1 Å². The van der Waals surface area contributed by atoms with Gasteiger partial charge in [-0.1, -0.05) is 59.6 Å². The average Bonchev–Trinajstić information content (AvgIpc) is 2.24. The maximum Gasteiger partial charge on any atom is 0.000580 e. The van der Waals surface area contributed by atoms with Gasteiger partial charge in [0, 0.05) is 11.1 Å². The second kappa shape index (κ2) is 6.69. The first-order valence-electron chi connectivity index (χ1n) is 4.45. The van der Waals surface area contributed by atoms with Crippen molar-refractivity contribution in [1.82, 2.24) is 0 Å². The lowest BCUT2D eigenvalue weighted by Gasteiger charge is -2.04. The molecule has 14 heavy (non-hydrogen) atoms. The summed E-state index contributed by atoms with van der Waals surface area (Å²) in [5.41, 5.74) is 5.68. The molecule has 1 aromatic rings. The van der Waals surface area contributed by atoms with E-state index in [1.807, 2.05) is 24.3 Å². The summed E-state index contributed by atoms with van der Waals surface area (Å²) in [4.78, 5) is 0. The highest BCUT2D eigenvalue weighted by atomic mass is 35.5. The van der Waals surface area contributed by atoms with Gasteiger partial charge in [-0.2, -0.15) is 0 Å². The van der Waals surface area contributed by atoms with E-state index in [-0.39, 0.29) is 0 Å². The average molecular weight is 227 g/mol. The van der Waals surface area contributed by atoms with E-state index in [1.54, 1.807) is 11.1 Å². The van der Waals surface area contributed by atoms with Crippen LogP contribution in [0.3, 0.4) is 0 Å². The minimum Gasteiger partial charge on any atom is -0.0933 e. The number of halogens is 2. The molecule has 0 bridgehead atoms. The molecule has 1 aromatic carbocycles. The summed E-state index contributed by atoms with van der Waals surface area (Å²) < 4.78 is 0. The minimum atomic E-state index is 0.871. The first-order chi connectivity index (χ1) is 6.88. The number of hydrogen-bond acceptors (Lipinski definition) is 0. The van der Waals surface area contributed by atoms with Gasteiger partial charge in [0.15, 0.2) is 0 Å². The second-order valence-corrected chi connectivity index (χ2v) is 3.40. The normalized spacial score (nSPS) is 11.6. The highest BCUT2D eigenvalue weighted by Gasteiger charge is 1.97. The molecule has 0 N–H and O–H groups in total. The summed E-state index contributed by atoms with van der Waals surface area (Å²) in [6, 6.07) is 8.28. The molecule has 0 unspecified atom stereocenters. The first-order valence-corrected chi connectivity index (χ1v) is 5.33. The smallest absolute Gasteiger partial charge is 0.000580 e. The SMILES string of the molecule is ClC=CCc1ccccc1CC=CCl. The monoisotopic (exact) mass is 226 g/mol. The van der Waals surface area contributed by atoms with E-state index in [9.17, 15) is 0 Å². The molecular weight excluding hydrogens is 215 g/mol. The van der Waals surface area contributed by atoms with E-state index in [4.69, 9.17) is 23.2 Å². The van der Waals surface area contributed by atoms with Crippen molar-refractivity contribution < 1.29 is 0 Å². The lowest BCUT2D eigenvalue weighted by atomic mass is 10.0. The van der Waals surface area contributed by atoms with Crippen LogP contribution < -0.4 is 0 Å². The Bertz CT molecular complexity index is 294. The molecule has 0 saturated carbocycles. The van der Waals surface area contributed by atoms with Crippen LogP contribution in [-0.2, 0) is 12.8 Å². The van der Waals surface area contributed by atoms with Crippen molar-refractivity contribution in [3.05, 3.63) is 58.6 Å².